The van der Waals surface area contributed by atoms with E-state index in [-0.39, 0.29) is 24.0 Å². The van der Waals surface area contributed by atoms with Gasteiger partial charge in [0.25, 0.3) is 5.69 Å². The van der Waals surface area contributed by atoms with E-state index in [2.05, 4.69) is 10.6 Å². The Morgan fingerprint density at radius 2 is 1.96 bits per heavy atom. The predicted octanol–water partition coefficient (Wildman–Crippen LogP) is 1.60. The second-order valence-electron chi connectivity index (χ2n) is 6.47. The zero-order chi connectivity index (χ0) is 20.1. The molecule has 0 saturated carbocycles. The Kier molecular flexibility index (Phi) is 6.30. The van der Waals surface area contributed by atoms with Crippen molar-refractivity contribution < 1.29 is 14.5 Å². The van der Waals surface area contributed by atoms with Crippen molar-refractivity contribution in [1.29, 1.82) is 0 Å². The minimum Gasteiger partial charge on any atom is -0.353 e. The van der Waals surface area contributed by atoms with Crippen molar-refractivity contribution in [3.63, 3.8) is 0 Å². The number of nitrogens with zero attached hydrogens (tertiary/aromatic N) is 3. The number of hydrogen-bond acceptors (Lipinski definition) is 5. The molecule has 1 heterocycles. The molecule has 1 aromatic carbocycles. The molecule has 2 aromatic rings. The summed E-state index contributed by atoms with van der Waals surface area (Å²) in [4.78, 5) is 36.8. The van der Waals surface area contributed by atoms with Gasteiger partial charge in [-0.15, -0.1) is 0 Å². The summed E-state index contributed by atoms with van der Waals surface area (Å²) in [6, 6.07) is 8.08. The van der Waals surface area contributed by atoms with Crippen LogP contribution in [0.25, 0.3) is 0 Å². The second-order valence-corrected chi connectivity index (χ2v) is 6.47. The van der Waals surface area contributed by atoms with Crippen molar-refractivity contribution in [1.82, 2.24) is 14.8 Å². The Morgan fingerprint density at radius 1 is 1.26 bits per heavy atom. The summed E-state index contributed by atoms with van der Waals surface area (Å²) in [7, 11) is 5.65. The summed E-state index contributed by atoms with van der Waals surface area (Å²) in [5.41, 5.74) is 1.39. The highest BCUT2D eigenvalue weighted by atomic mass is 16.6. The van der Waals surface area contributed by atoms with Crippen molar-refractivity contribution in [3.05, 3.63) is 57.9 Å². The van der Waals surface area contributed by atoms with E-state index in [1.807, 2.05) is 48.9 Å². The highest BCUT2D eigenvalue weighted by molar-refractivity contribution is 6.39. The number of nitrogens with one attached hydrogen (secondary N) is 2. The quantitative estimate of drug-likeness (QED) is 0.454. The molecule has 144 valence electrons. The number of rotatable bonds is 6. The average Bonchev–Trinajstić information content (AvgIpc) is 3.01. The molecule has 0 aliphatic carbocycles. The van der Waals surface area contributed by atoms with Crippen LogP contribution in [0, 0.1) is 17.0 Å². The van der Waals surface area contributed by atoms with Crippen molar-refractivity contribution in [2.45, 2.75) is 13.0 Å². The fourth-order valence-corrected chi connectivity index (χ4v) is 2.72. The number of carbonyl (C=O) groups excluding carboxylic acids is 2. The molecule has 27 heavy (non-hydrogen) atoms. The molecule has 9 nitrogen and oxygen atoms in total. The van der Waals surface area contributed by atoms with Crippen LogP contribution in [-0.4, -0.2) is 46.8 Å². The van der Waals surface area contributed by atoms with Gasteiger partial charge in [-0.2, -0.15) is 0 Å². The van der Waals surface area contributed by atoms with Gasteiger partial charge in [-0.25, -0.2) is 0 Å². The third kappa shape index (κ3) is 4.91. The molecule has 1 atom stereocenters. The maximum atomic E-state index is 12.2. The minimum atomic E-state index is -0.952. The molecule has 1 unspecified atom stereocenters. The van der Waals surface area contributed by atoms with Gasteiger partial charge in [-0.05, 0) is 44.8 Å². The first-order chi connectivity index (χ1) is 12.7. The van der Waals surface area contributed by atoms with Crippen molar-refractivity contribution in [2.24, 2.45) is 7.05 Å². The second kappa shape index (κ2) is 8.45. The topological polar surface area (TPSA) is 110 Å². The molecule has 0 bridgehead atoms. The molecule has 0 aliphatic heterocycles. The molecule has 0 fully saturated rings. The standard InChI is InChI=1S/C18H23N5O4/c1-12-7-8-13(15(10-12)23(26)27)20-18(25)17(24)19-11-16(21(2)3)14-6-5-9-22(14)4/h5-10,16H,11H2,1-4H3,(H,19,24)(H,20,25). The van der Waals surface area contributed by atoms with Crippen LogP contribution in [0.1, 0.15) is 17.3 Å². The Morgan fingerprint density at radius 3 is 2.52 bits per heavy atom. The lowest BCUT2D eigenvalue weighted by molar-refractivity contribution is -0.384. The van der Waals surface area contributed by atoms with Crippen LogP contribution in [0.5, 0.6) is 0 Å². The van der Waals surface area contributed by atoms with Gasteiger partial charge in [0.05, 0.1) is 11.0 Å². The lowest BCUT2D eigenvalue weighted by Crippen LogP contribution is -2.40. The molecule has 0 radical (unpaired) electrons. The van der Waals surface area contributed by atoms with E-state index in [4.69, 9.17) is 0 Å². The van der Waals surface area contributed by atoms with Crippen molar-refractivity contribution in [2.75, 3.05) is 26.0 Å². The highest BCUT2D eigenvalue weighted by Gasteiger charge is 2.22. The van der Waals surface area contributed by atoms with Crippen LogP contribution in [0.4, 0.5) is 11.4 Å². The number of nitro benzene ring substituents is 1. The Balaban J connectivity index is 2.05. The minimum absolute atomic E-state index is 0.0163. The number of benzene rings is 1. The molecule has 9 heteroatoms. The summed E-state index contributed by atoms with van der Waals surface area (Å²) in [5.74, 6) is -1.81. The summed E-state index contributed by atoms with van der Waals surface area (Å²) in [6.07, 6.45) is 1.90. The molecular weight excluding hydrogens is 350 g/mol. The van der Waals surface area contributed by atoms with Gasteiger partial charge in [-0.1, -0.05) is 6.07 Å². The van der Waals surface area contributed by atoms with E-state index in [1.54, 1.807) is 13.0 Å². The zero-order valence-electron chi connectivity index (χ0n) is 15.7. The Hall–Kier alpha value is -3.20. The van der Waals surface area contributed by atoms with Crippen molar-refractivity contribution in [3.8, 4) is 0 Å². The normalized spacial score (nSPS) is 11.9. The van der Waals surface area contributed by atoms with Crippen LogP contribution in [0.2, 0.25) is 0 Å². The molecule has 2 rings (SSSR count). The molecule has 0 spiro atoms. The number of anilines is 1. The SMILES string of the molecule is Cc1ccc(NC(=O)C(=O)NCC(c2cccn2C)N(C)C)c([N+](=O)[O-])c1. The monoisotopic (exact) mass is 373 g/mol. The van der Waals surface area contributed by atoms with E-state index in [0.29, 0.717) is 5.56 Å². The van der Waals surface area contributed by atoms with Gasteiger partial charge >= 0.3 is 11.8 Å². The first-order valence-electron chi connectivity index (χ1n) is 8.32. The molecule has 1 aromatic heterocycles. The van der Waals surface area contributed by atoms with Crippen LogP contribution >= 0.6 is 0 Å². The zero-order valence-corrected chi connectivity index (χ0v) is 15.7. The van der Waals surface area contributed by atoms with Gasteiger partial charge in [0.2, 0.25) is 0 Å². The first-order valence-corrected chi connectivity index (χ1v) is 8.32. The number of aromatic nitrogens is 1. The summed E-state index contributed by atoms with van der Waals surface area (Å²) in [5, 5.41) is 16.0. The lowest BCUT2D eigenvalue weighted by atomic mass is 10.2. The maximum absolute atomic E-state index is 12.2. The fourth-order valence-electron chi connectivity index (χ4n) is 2.72. The molecule has 2 N–H and O–H groups in total. The van der Waals surface area contributed by atoms with E-state index in [1.165, 1.54) is 12.1 Å². The van der Waals surface area contributed by atoms with Gasteiger partial charge < -0.3 is 15.2 Å². The average molecular weight is 373 g/mol. The Bertz CT molecular complexity index is 859. The highest BCUT2D eigenvalue weighted by Crippen LogP contribution is 2.25. The molecule has 0 aliphatic rings. The third-order valence-electron chi connectivity index (χ3n) is 4.21. The molecule has 0 saturated heterocycles. The summed E-state index contributed by atoms with van der Waals surface area (Å²) >= 11 is 0. The van der Waals surface area contributed by atoms with Crippen LogP contribution < -0.4 is 10.6 Å². The number of hydrogen-bond donors (Lipinski definition) is 2. The largest absolute Gasteiger partial charge is 0.353 e. The number of amides is 2. The van der Waals surface area contributed by atoms with Gasteiger partial charge in [0.1, 0.15) is 5.69 Å². The summed E-state index contributed by atoms with van der Waals surface area (Å²) < 4.78 is 1.94. The van der Waals surface area contributed by atoms with E-state index >= 15 is 0 Å². The number of nitro groups is 1. The van der Waals surface area contributed by atoms with Crippen molar-refractivity contribution >= 4 is 23.2 Å². The Labute approximate surface area is 157 Å². The number of carbonyl (C=O) groups is 2. The maximum Gasteiger partial charge on any atom is 0.313 e. The van der Waals surface area contributed by atoms with Gasteiger partial charge in [0, 0.05) is 31.5 Å². The number of aryl methyl sites for hydroxylation is 2. The summed E-state index contributed by atoms with van der Waals surface area (Å²) in [6.45, 7) is 1.92. The van der Waals surface area contributed by atoms with E-state index in [9.17, 15) is 19.7 Å². The van der Waals surface area contributed by atoms with Crippen LogP contribution in [0.3, 0.4) is 0 Å². The van der Waals surface area contributed by atoms with Gasteiger partial charge in [0.15, 0.2) is 0 Å². The smallest absolute Gasteiger partial charge is 0.313 e. The fraction of sp³-hybridized carbons (Fsp3) is 0.333. The first kappa shape index (κ1) is 20.1. The van der Waals surface area contributed by atoms with E-state index < -0.39 is 16.7 Å². The number of likely N-dealkylation sites (N-methyl/N-ethyl adjacent to an activating group) is 1. The lowest BCUT2D eigenvalue weighted by Gasteiger charge is -2.25. The van der Waals surface area contributed by atoms with Crippen LogP contribution in [-0.2, 0) is 16.6 Å². The van der Waals surface area contributed by atoms with E-state index in [0.717, 1.165) is 5.69 Å². The molecular formula is C18H23N5O4. The molecule has 2 amide bonds. The third-order valence-corrected chi connectivity index (χ3v) is 4.21. The van der Waals surface area contributed by atoms with Gasteiger partial charge in [-0.3, -0.25) is 24.6 Å². The van der Waals surface area contributed by atoms with Crippen LogP contribution in [0.15, 0.2) is 36.5 Å². The predicted molar refractivity (Wildman–Crippen MR) is 101 cm³/mol.